The second kappa shape index (κ2) is 9.16. The van der Waals surface area contributed by atoms with E-state index in [2.05, 4.69) is 41.0 Å². The highest BCUT2D eigenvalue weighted by atomic mass is 32.2. The molecule has 0 amide bonds. The minimum atomic E-state index is 0.740. The molecule has 1 rings (SSSR count). The molecule has 5 heteroatoms. The van der Waals surface area contributed by atoms with E-state index in [1.165, 1.54) is 0 Å². The molecule has 1 aromatic heterocycles. The largest absolute Gasteiger partial charge is 0.354 e. The fourth-order valence-electron chi connectivity index (χ4n) is 1.56. The minimum absolute atomic E-state index is 0.740. The van der Waals surface area contributed by atoms with Crippen LogP contribution in [0.3, 0.4) is 0 Å². The molecule has 102 valence electrons. The van der Waals surface area contributed by atoms with Gasteiger partial charge in [-0.1, -0.05) is 20.8 Å². The Morgan fingerprint density at radius 3 is 2.72 bits per heavy atom. The molecular weight excluding hydrogens is 244 g/mol. The molecular formula is C13H24N4S. The monoisotopic (exact) mass is 268 g/mol. The summed E-state index contributed by atoms with van der Waals surface area (Å²) in [5.74, 6) is 1.82. The van der Waals surface area contributed by atoms with Crippen LogP contribution in [0.5, 0.6) is 0 Å². The van der Waals surface area contributed by atoms with Crippen LogP contribution in [0.2, 0.25) is 0 Å². The third-order valence-electron chi connectivity index (χ3n) is 2.72. The van der Waals surface area contributed by atoms with Gasteiger partial charge in [0.25, 0.3) is 0 Å². The highest BCUT2D eigenvalue weighted by Crippen LogP contribution is 2.15. The lowest BCUT2D eigenvalue weighted by atomic mass is 10.5. The quantitative estimate of drug-likeness (QED) is 0.551. The average Bonchev–Trinajstić information content (AvgIpc) is 2.42. The second-order valence-electron chi connectivity index (χ2n) is 4.02. The molecule has 0 aliphatic heterocycles. The van der Waals surface area contributed by atoms with E-state index >= 15 is 0 Å². The predicted octanol–water partition coefficient (Wildman–Crippen LogP) is 2.73. The maximum absolute atomic E-state index is 4.48. The van der Waals surface area contributed by atoms with Crippen LogP contribution in [0, 0.1) is 0 Å². The Morgan fingerprint density at radius 2 is 2.06 bits per heavy atom. The lowest BCUT2D eigenvalue weighted by molar-refractivity contribution is 0.324. The molecule has 0 unspecified atom stereocenters. The zero-order chi connectivity index (χ0) is 13.2. The Labute approximate surface area is 115 Å². The Morgan fingerprint density at radius 1 is 1.28 bits per heavy atom. The Hall–Kier alpha value is -0.810. The number of thioether (sulfide) groups is 1. The van der Waals surface area contributed by atoms with Gasteiger partial charge in [0.2, 0.25) is 5.95 Å². The topological polar surface area (TPSA) is 41.1 Å². The van der Waals surface area contributed by atoms with E-state index in [9.17, 15) is 0 Å². The van der Waals surface area contributed by atoms with Crippen molar-refractivity contribution in [2.45, 2.75) is 32.2 Å². The molecule has 0 aliphatic rings. The Balaban J connectivity index is 2.37. The first kappa shape index (κ1) is 15.2. The molecule has 18 heavy (non-hydrogen) atoms. The van der Waals surface area contributed by atoms with Crippen LogP contribution < -0.4 is 5.32 Å². The first-order valence-corrected chi connectivity index (χ1v) is 7.70. The molecule has 0 spiro atoms. The van der Waals surface area contributed by atoms with Crippen molar-refractivity contribution in [1.29, 1.82) is 0 Å². The van der Waals surface area contributed by atoms with Crippen LogP contribution in [0.15, 0.2) is 17.3 Å². The first-order chi connectivity index (χ1) is 8.80. The summed E-state index contributed by atoms with van der Waals surface area (Å²) in [5, 5.41) is 4.26. The lowest BCUT2D eigenvalue weighted by Gasteiger charge is -2.17. The number of anilines is 1. The lowest BCUT2D eigenvalue weighted by Crippen LogP contribution is -2.25. The van der Waals surface area contributed by atoms with Crippen molar-refractivity contribution in [2.75, 3.05) is 37.2 Å². The molecule has 0 aromatic carbocycles. The van der Waals surface area contributed by atoms with Gasteiger partial charge in [0.1, 0.15) is 5.03 Å². The molecule has 0 fully saturated rings. The van der Waals surface area contributed by atoms with Gasteiger partial charge >= 0.3 is 0 Å². The molecule has 0 bridgehead atoms. The molecule has 1 N–H and O–H groups in total. The summed E-state index contributed by atoms with van der Waals surface area (Å²) in [5.41, 5.74) is 0. The van der Waals surface area contributed by atoms with E-state index in [1.54, 1.807) is 11.8 Å². The fourth-order valence-corrected chi connectivity index (χ4v) is 2.43. The number of rotatable bonds is 9. The number of hydrogen-bond donors (Lipinski definition) is 1. The van der Waals surface area contributed by atoms with Crippen molar-refractivity contribution < 1.29 is 0 Å². The predicted molar refractivity (Wildman–Crippen MR) is 79.3 cm³/mol. The van der Waals surface area contributed by atoms with Crippen LogP contribution in [-0.4, -0.2) is 46.8 Å². The molecule has 1 heterocycles. The summed E-state index contributed by atoms with van der Waals surface area (Å²) in [6, 6.07) is 1.98. The van der Waals surface area contributed by atoms with Crippen molar-refractivity contribution in [3.63, 3.8) is 0 Å². The van der Waals surface area contributed by atoms with Crippen LogP contribution in [0.1, 0.15) is 27.2 Å². The van der Waals surface area contributed by atoms with Gasteiger partial charge in [-0.15, -0.1) is 11.8 Å². The second-order valence-corrected chi connectivity index (χ2v) is 5.14. The van der Waals surface area contributed by atoms with E-state index < -0.39 is 0 Å². The van der Waals surface area contributed by atoms with Crippen LogP contribution in [-0.2, 0) is 0 Å². The van der Waals surface area contributed by atoms with Crippen molar-refractivity contribution in [3.8, 4) is 0 Å². The van der Waals surface area contributed by atoms with Gasteiger partial charge in [-0.05, 0) is 25.6 Å². The highest BCUT2D eigenvalue weighted by molar-refractivity contribution is 7.99. The summed E-state index contributed by atoms with van der Waals surface area (Å²) in [4.78, 5) is 11.1. The molecule has 0 radical (unpaired) electrons. The number of nitrogens with zero attached hydrogens (tertiary/aromatic N) is 3. The zero-order valence-corrected chi connectivity index (χ0v) is 12.5. The van der Waals surface area contributed by atoms with Crippen LogP contribution in [0.25, 0.3) is 0 Å². The Kier molecular flexibility index (Phi) is 7.76. The molecule has 1 aromatic rings. The smallest absolute Gasteiger partial charge is 0.223 e. The summed E-state index contributed by atoms with van der Waals surface area (Å²) in [6.07, 6.45) is 2.91. The number of nitrogens with one attached hydrogen (secondary N) is 1. The van der Waals surface area contributed by atoms with Crippen molar-refractivity contribution in [2.24, 2.45) is 0 Å². The molecule has 4 nitrogen and oxygen atoms in total. The standard InChI is InChI=1S/C13H24N4S/c1-4-8-14-13-15-9-7-12(16-13)18-11-10-17(5-2)6-3/h7,9H,4-6,8,10-11H2,1-3H3,(H,14,15,16). The van der Waals surface area contributed by atoms with Gasteiger partial charge in [-0.2, -0.15) is 0 Å². The molecule has 0 saturated heterocycles. The van der Waals surface area contributed by atoms with Gasteiger partial charge in [0.05, 0.1) is 0 Å². The summed E-state index contributed by atoms with van der Waals surface area (Å²) >= 11 is 1.79. The van der Waals surface area contributed by atoms with E-state index in [0.29, 0.717) is 0 Å². The van der Waals surface area contributed by atoms with E-state index in [1.807, 2.05) is 12.3 Å². The Bertz CT molecular complexity index is 329. The van der Waals surface area contributed by atoms with E-state index in [0.717, 1.165) is 49.3 Å². The van der Waals surface area contributed by atoms with Gasteiger partial charge in [0.15, 0.2) is 0 Å². The third kappa shape index (κ3) is 5.69. The molecule has 0 atom stereocenters. The summed E-state index contributed by atoms with van der Waals surface area (Å²) < 4.78 is 0. The van der Waals surface area contributed by atoms with Crippen molar-refractivity contribution in [3.05, 3.63) is 12.3 Å². The summed E-state index contributed by atoms with van der Waals surface area (Å²) in [7, 11) is 0. The van der Waals surface area contributed by atoms with Gasteiger partial charge in [-0.25, -0.2) is 9.97 Å². The zero-order valence-electron chi connectivity index (χ0n) is 11.6. The normalized spacial score (nSPS) is 10.9. The fraction of sp³-hybridized carbons (Fsp3) is 0.692. The first-order valence-electron chi connectivity index (χ1n) is 6.72. The van der Waals surface area contributed by atoms with Crippen LogP contribution in [0.4, 0.5) is 5.95 Å². The van der Waals surface area contributed by atoms with Gasteiger partial charge < -0.3 is 10.2 Å². The summed E-state index contributed by atoms with van der Waals surface area (Å²) in [6.45, 7) is 10.8. The van der Waals surface area contributed by atoms with Crippen molar-refractivity contribution in [1.82, 2.24) is 14.9 Å². The van der Waals surface area contributed by atoms with E-state index in [4.69, 9.17) is 0 Å². The van der Waals surface area contributed by atoms with Crippen molar-refractivity contribution >= 4 is 17.7 Å². The maximum Gasteiger partial charge on any atom is 0.223 e. The minimum Gasteiger partial charge on any atom is -0.354 e. The average molecular weight is 268 g/mol. The highest BCUT2D eigenvalue weighted by Gasteiger charge is 2.02. The molecule has 0 saturated carbocycles. The van der Waals surface area contributed by atoms with Crippen LogP contribution >= 0.6 is 11.8 Å². The maximum atomic E-state index is 4.48. The number of hydrogen-bond acceptors (Lipinski definition) is 5. The van der Waals surface area contributed by atoms with E-state index in [-0.39, 0.29) is 0 Å². The molecule has 0 aliphatic carbocycles. The SMILES string of the molecule is CCCNc1nccc(SCCN(CC)CC)n1. The van der Waals surface area contributed by atoms with Gasteiger partial charge in [0, 0.05) is 25.0 Å². The number of aromatic nitrogens is 2. The third-order valence-corrected chi connectivity index (χ3v) is 3.62. The van der Waals surface area contributed by atoms with Gasteiger partial charge in [-0.3, -0.25) is 0 Å².